The average molecular weight is 254 g/mol. The number of amides is 2. The highest BCUT2D eigenvalue weighted by Crippen LogP contribution is 2.22. The third kappa shape index (κ3) is 4.41. The van der Waals surface area contributed by atoms with Crippen LogP contribution in [-0.2, 0) is 0 Å². The Bertz CT molecular complexity index is 271. The van der Waals surface area contributed by atoms with Crippen molar-refractivity contribution in [2.75, 3.05) is 13.6 Å². The molecule has 0 bridgehead atoms. The van der Waals surface area contributed by atoms with E-state index in [-0.39, 0.29) is 0 Å². The molecular formula is C10H17F3N2O2. The van der Waals surface area contributed by atoms with Gasteiger partial charge < -0.3 is 15.3 Å². The molecule has 0 spiro atoms. The zero-order valence-electron chi connectivity index (χ0n) is 9.63. The number of rotatable bonds is 2. The molecule has 1 fully saturated rings. The highest BCUT2D eigenvalue weighted by atomic mass is 19.4. The van der Waals surface area contributed by atoms with Crippen LogP contribution in [0.15, 0.2) is 0 Å². The summed E-state index contributed by atoms with van der Waals surface area (Å²) in [5.41, 5.74) is 0. The van der Waals surface area contributed by atoms with Gasteiger partial charge in [-0.3, -0.25) is 0 Å². The summed E-state index contributed by atoms with van der Waals surface area (Å²) < 4.78 is 35.7. The van der Waals surface area contributed by atoms with Crippen molar-refractivity contribution in [3.63, 3.8) is 0 Å². The highest BCUT2D eigenvalue weighted by molar-refractivity contribution is 5.74. The molecule has 0 aromatic carbocycles. The molecule has 0 aliphatic heterocycles. The SMILES string of the molecule is CN(C(=O)NCC(F)(F)F)C1CCCCC1O. The number of aliphatic hydroxyl groups is 1. The molecule has 7 heteroatoms. The van der Waals surface area contributed by atoms with E-state index in [4.69, 9.17) is 0 Å². The highest BCUT2D eigenvalue weighted by Gasteiger charge is 2.32. The van der Waals surface area contributed by atoms with Crippen LogP contribution in [0.5, 0.6) is 0 Å². The van der Waals surface area contributed by atoms with Crippen LogP contribution < -0.4 is 5.32 Å². The molecule has 2 unspecified atom stereocenters. The first kappa shape index (κ1) is 14.1. The van der Waals surface area contributed by atoms with Gasteiger partial charge in [-0.05, 0) is 12.8 Å². The first-order chi connectivity index (χ1) is 7.81. The maximum absolute atomic E-state index is 11.9. The lowest BCUT2D eigenvalue weighted by Crippen LogP contribution is -2.51. The summed E-state index contributed by atoms with van der Waals surface area (Å²) in [6.07, 6.45) is -2.10. The Balaban J connectivity index is 2.45. The van der Waals surface area contributed by atoms with Crippen molar-refractivity contribution in [1.82, 2.24) is 10.2 Å². The molecule has 0 radical (unpaired) electrons. The number of alkyl halides is 3. The van der Waals surface area contributed by atoms with Gasteiger partial charge in [0.1, 0.15) is 6.54 Å². The van der Waals surface area contributed by atoms with Crippen LogP contribution in [0.2, 0.25) is 0 Å². The minimum atomic E-state index is -4.41. The van der Waals surface area contributed by atoms with Gasteiger partial charge in [-0.2, -0.15) is 13.2 Å². The second-order valence-corrected chi connectivity index (χ2v) is 4.30. The van der Waals surface area contributed by atoms with Crippen LogP contribution in [0.1, 0.15) is 25.7 Å². The lowest BCUT2D eigenvalue weighted by molar-refractivity contribution is -0.123. The van der Waals surface area contributed by atoms with E-state index in [1.54, 1.807) is 5.32 Å². The van der Waals surface area contributed by atoms with Gasteiger partial charge in [-0.25, -0.2) is 4.79 Å². The molecule has 4 nitrogen and oxygen atoms in total. The van der Waals surface area contributed by atoms with Gasteiger partial charge in [0, 0.05) is 7.05 Å². The van der Waals surface area contributed by atoms with Gasteiger partial charge >= 0.3 is 12.2 Å². The van der Waals surface area contributed by atoms with Crippen molar-refractivity contribution in [2.24, 2.45) is 0 Å². The normalized spacial score (nSPS) is 25.5. The van der Waals surface area contributed by atoms with Crippen LogP contribution in [-0.4, -0.2) is 48.0 Å². The molecule has 1 rings (SSSR count). The smallest absolute Gasteiger partial charge is 0.391 e. The quantitative estimate of drug-likeness (QED) is 0.784. The van der Waals surface area contributed by atoms with E-state index in [1.807, 2.05) is 0 Å². The van der Waals surface area contributed by atoms with Crippen molar-refractivity contribution in [3.8, 4) is 0 Å². The number of nitrogens with zero attached hydrogens (tertiary/aromatic N) is 1. The second kappa shape index (κ2) is 5.57. The summed E-state index contributed by atoms with van der Waals surface area (Å²) in [7, 11) is 1.41. The lowest BCUT2D eigenvalue weighted by atomic mass is 9.92. The largest absolute Gasteiger partial charge is 0.405 e. The Hall–Kier alpha value is -0.980. The predicted molar refractivity (Wildman–Crippen MR) is 55.5 cm³/mol. The Labute approximate surface area is 97.8 Å². The van der Waals surface area contributed by atoms with Gasteiger partial charge in [0.15, 0.2) is 0 Å². The number of urea groups is 1. The molecule has 1 aliphatic rings. The first-order valence-corrected chi connectivity index (χ1v) is 5.57. The van der Waals surface area contributed by atoms with Crippen molar-refractivity contribution < 1.29 is 23.1 Å². The number of hydrogen-bond acceptors (Lipinski definition) is 2. The fourth-order valence-electron chi connectivity index (χ4n) is 1.99. The van der Waals surface area contributed by atoms with Crippen LogP contribution in [0.3, 0.4) is 0 Å². The van der Waals surface area contributed by atoms with Crippen LogP contribution in [0, 0.1) is 0 Å². The van der Waals surface area contributed by atoms with Crippen molar-refractivity contribution >= 4 is 6.03 Å². The number of aliphatic hydroxyl groups excluding tert-OH is 1. The number of hydrogen-bond donors (Lipinski definition) is 2. The lowest BCUT2D eigenvalue weighted by Gasteiger charge is -2.35. The third-order valence-electron chi connectivity index (χ3n) is 2.95. The molecule has 1 aliphatic carbocycles. The summed E-state index contributed by atoms with van der Waals surface area (Å²) in [4.78, 5) is 12.6. The van der Waals surface area contributed by atoms with Gasteiger partial charge in [-0.15, -0.1) is 0 Å². The summed E-state index contributed by atoms with van der Waals surface area (Å²) in [6.45, 7) is -1.35. The molecule has 0 aromatic heterocycles. The minimum absolute atomic E-state index is 0.392. The van der Waals surface area contributed by atoms with Crippen LogP contribution in [0.25, 0.3) is 0 Å². The molecule has 0 aromatic rings. The zero-order valence-corrected chi connectivity index (χ0v) is 9.63. The minimum Gasteiger partial charge on any atom is -0.391 e. The standard InChI is InChI=1S/C10H17F3N2O2/c1-15(7-4-2-3-5-8(7)16)9(17)14-6-10(11,12)13/h7-8,16H,2-6H2,1H3,(H,14,17). The molecule has 2 atom stereocenters. The second-order valence-electron chi connectivity index (χ2n) is 4.30. The summed E-state index contributed by atoms with van der Waals surface area (Å²) in [5.74, 6) is 0. The topological polar surface area (TPSA) is 52.6 Å². The summed E-state index contributed by atoms with van der Waals surface area (Å²) >= 11 is 0. The van der Waals surface area contributed by atoms with Crippen molar-refractivity contribution in [2.45, 2.75) is 44.0 Å². The molecule has 0 saturated heterocycles. The number of carbonyl (C=O) groups is 1. The van der Waals surface area contributed by atoms with E-state index in [0.29, 0.717) is 12.8 Å². The maximum Gasteiger partial charge on any atom is 0.405 e. The van der Waals surface area contributed by atoms with Crippen LogP contribution >= 0.6 is 0 Å². The fourth-order valence-corrected chi connectivity index (χ4v) is 1.99. The van der Waals surface area contributed by atoms with Gasteiger partial charge in [0.05, 0.1) is 12.1 Å². The molecule has 2 amide bonds. The monoisotopic (exact) mass is 254 g/mol. The Morgan fingerprint density at radius 2 is 2.00 bits per heavy atom. The average Bonchev–Trinajstić information content (AvgIpc) is 2.24. The van der Waals surface area contributed by atoms with E-state index >= 15 is 0 Å². The Morgan fingerprint density at radius 3 is 2.53 bits per heavy atom. The fraction of sp³-hybridized carbons (Fsp3) is 0.900. The van der Waals surface area contributed by atoms with Crippen LogP contribution in [0.4, 0.5) is 18.0 Å². The summed E-state index contributed by atoms with van der Waals surface area (Å²) in [6, 6.07) is -1.19. The third-order valence-corrected chi connectivity index (χ3v) is 2.95. The molecule has 17 heavy (non-hydrogen) atoms. The van der Waals surface area contributed by atoms with E-state index in [2.05, 4.69) is 0 Å². The predicted octanol–water partition coefficient (Wildman–Crippen LogP) is 1.49. The molecule has 0 heterocycles. The van der Waals surface area contributed by atoms with Gasteiger partial charge in [-0.1, -0.05) is 12.8 Å². The van der Waals surface area contributed by atoms with E-state index in [0.717, 1.165) is 17.7 Å². The van der Waals surface area contributed by atoms with Crippen molar-refractivity contribution in [1.29, 1.82) is 0 Å². The van der Waals surface area contributed by atoms with E-state index in [1.165, 1.54) is 7.05 Å². The molecular weight excluding hydrogens is 237 g/mol. The molecule has 1 saturated carbocycles. The zero-order chi connectivity index (χ0) is 13.1. The van der Waals surface area contributed by atoms with E-state index < -0.39 is 30.9 Å². The number of carbonyl (C=O) groups excluding carboxylic acids is 1. The van der Waals surface area contributed by atoms with Gasteiger partial charge in [0.25, 0.3) is 0 Å². The van der Waals surface area contributed by atoms with E-state index in [9.17, 15) is 23.1 Å². The summed E-state index contributed by atoms with van der Waals surface area (Å²) in [5, 5.41) is 11.5. The first-order valence-electron chi connectivity index (χ1n) is 5.57. The van der Waals surface area contributed by atoms with Gasteiger partial charge in [0.2, 0.25) is 0 Å². The Morgan fingerprint density at radius 1 is 1.41 bits per heavy atom. The molecule has 2 N–H and O–H groups in total. The number of nitrogens with one attached hydrogen (secondary N) is 1. The number of halogens is 3. The molecule has 100 valence electrons. The number of likely N-dealkylation sites (N-methyl/N-ethyl adjacent to an activating group) is 1. The maximum atomic E-state index is 11.9. The van der Waals surface area contributed by atoms with Crippen molar-refractivity contribution in [3.05, 3.63) is 0 Å². The Kier molecular flexibility index (Phi) is 4.62.